The average Bonchev–Trinajstić information content (AvgIpc) is 2.24. The third-order valence-corrected chi connectivity index (χ3v) is 3.09. The highest BCUT2D eigenvalue weighted by atomic mass is 16.4. The van der Waals surface area contributed by atoms with Crippen LogP contribution in [0.2, 0.25) is 0 Å². The summed E-state index contributed by atoms with van der Waals surface area (Å²) in [5.74, 6) is -0.879. The van der Waals surface area contributed by atoms with E-state index in [4.69, 9.17) is 5.11 Å². The van der Waals surface area contributed by atoms with Crippen molar-refractivity contribution in [3.05, 3.63) is 33.7 Å². The van der Waals surface area contributed by atoms with E-state index < -0.39 is 5.97 Å². The number of hydrogen-bond donors (Lipinski definition) is 1. The van der Waals surface area contributed by atoms with E-state index in [-0.39, 0.29) is 29.9 Å². The van der Waals surface area contributed by atoms with E-state index in [9.17, 15) is 9.59 Å². The number of nitrogens with zero attached hydrogens (tertiary/aromatic N) is 1. The van der Waals surface area contributed by atoms with Crippen molar-refractivity contribution in [3.8, 4) is 0 Å². The number of aromatic nitrogens is 1. The van der Waals surface area contributed by atoms with Crippen LogP contribution >= 0.6 is 0 Å². The smallest absolute Gasteiger partial charge is 0.303 e. The van der Waals surface area contributed by atoms with Crippen molar-refractivity contribution in [1.29, 1.82) is 0 Å². The lowest BCUT2D eigenvalue weighted by atomic mass is 9.90. The minimum atomic E-state index is -0.879. The second kappa shape index (κ2) is 5.59. The molecule has 1 rings (SSSR count). The Balaban J connectivity index is 3.32. The molecule has 0 unspecified atom stereocenters. The zero-order chi connectivity index (χ0) is 14.8. The first-order chi connectivity index (χ1) is 8.64. The van der Waals surface area contributed by atoms with Gasteiger partial charge in [-0.2, -0.15) is 0 Å². The summed E-state index contributed by atoms with van der Waals surface area (Å²) < 4.78 is 1.77. The molecule has 0 saturated heterocycles. The number of aliphatic carboxylic acids is 1. The summed E-state index contributed by atoms with van der Waals surface area (Å²) in [4.78, 5) is 23.1. The van der Waals surface area contributed by atoms with Crippen LogP contribution in [0.25, 0.3) is 0 Å². The Hall–Kier alpha value is -1.58. The van der Waals surface area contributed by atoms with Crippen molar-refractivity contribution in [2.75, 3.05) is 0 Å². The number of carbonyl (C=O) groups is 1. The highest BCUT2D eigenvalue weighted by molar-refractivity contribution is 5.67. The minimum Gasteiger partial charge on any atom is -0.481 e. The van der Waals surface area contributed by atoms with Crippen molar-refractivity contribution in [3.63, 3.8) is 0 Å². The first-order valence-corrected chi connectivity index (χ1v) is 6.61. The summed E-state index contributed by atoms with van der Waals surface area (Å²) in [7, 11) is 0. The lowest BCUT2D eigenvalue weighted by Crippen LogP contribution is -2.33. The van der Waals surface area contributed by atoms with Crippen molar-refractivity contribution in [1.82, 2.24) is 4.57 Å². The van der Waals surface area contributed by atoms with Crippen LogP contribution in [-0.2, 0) is 16.6 Å². The third kappa shape index (κ3) is 3.69. The van der Waals surface area contributed by atoms with Crippen LogP contribution < -0.4 is 5.56 Å². The lowest BCUT2D eigenvalue weighted by molar-refractivity contribution is -0.136. The van der Waals surface area contributed by atoms with E-state index in [2.05, 4.69) is 20.8 Å². The third-order valence-electron chi connectivity index (χ3n) is 3.09. The minimum absolute atomic E-state index is 0.0117. The molecule has 4 heteroatoms. The zero-order valence-corrected chi connectivity index (χ0v) is 12.4. The Morgan fingerprint density at radius 3 is 2.32 bits per heavy atom. The summed E-state index contributed by atoms with van der Waals surface area (Å²) in [6.45, 7) is 10.1. The Morgan fingerprint density at radius 1 is 1.32 bits per heavy atom. The van der Waals surface area contributed by atoms with Crippen molar-refractivity contribution in [2.24, 2.45) is 0 Å². The number of carboxylic acid groups (broad SMARTS) is 1. The van der Waals surface area contributed by atoms with E-state index in [1.165, 1.54) is 0 Å². The molecule has 19 heavy (non-hydrogen) atoms. The van der Waals surface area contributed by atoms with E-state index in [1.54, 1.807) is 10.6 Å². The molecule has 0 atom stereocenters. The Morgan fingerprint density at radius 2 is 1.89 bits per heavy atom. The fourth-order valence-corrected chi connectivity index (χ4v) is 2.15. The number of pyridine rings is 1. The fourth-order valence-electron chi connectivity index (χ4n) is 2.15. The summed E-state index contributed by atoms with van der Waals surface area (Å²) in [5.41, 5.74) is 1.37. The van der Waals surface area contributed by atoms with Gasteiger partial charge < -0.3 is 9.67 Å². The first-order valence-electron chi connectivity index (χ1n) is 6.61. The van der Waals surface area contributed by atoms with Crippen molar-refractivity contribution >= 4 is 5.97 Å². The fraction of sp³-hybridized carbons (Fsp3) is 0.600. The van der Waals surface area contributed by atoms with Crippen LogP contribution in [-0.4, -0.2) is 15.6 Å². The lowest BCUT2D eigenvalue weighted by Gasteiger charge is -2.27. The maximum atomic E-state index is 12.5. The van der Waals surface area contributed by atoms with Crippen molar-refractivity contribution in [2.45, 2.75) is 58.9 Å². The summed E-state index contributed by atoms with van der Waals surface area (Å²) in [6, 6.07) is 3.77. The molecule has 4 nitrogen and oxygen atoms in total. The Bertz CT molecular complexity index is 521. The molecule has 0 bridgehead atoms. The number of carboxylic acids is 1. The molecule has 0 aromatic carbocycles. The van der Waals surface area contributed by atoms with Gasteiger partial charge in [0.15, 0.2) is 0 Å². The van der Waals surface area contributed by atoms with Gasteiger partial charge in [0.1, 0.15) is 0 Å². The maximum absolute atomic E-state index is 12.5. The standard InChI is InChI=1S/C15H23NO3/c1-10(2)16-12(15(3,4)5)8-6-11(14(16)19)7-9-13(17)18/h6,8,10H,7,9H2,1-5H3,(H,17,18). The predicted molar refractivity (Wildman–Crippen MR) is 75.7 cm³/mol. The summed E-state index contributed by atoms with van der Waals surface area (Å²) in [6.07, 6.45) is 0.271. The number of hydrogen-bond acceptors (Lipinski definition) is 2. The van der Waals surface area contributed by atoms with E-state index in [1.807, 2.05) is 19.9 Å². The van der Waals surface area contributed by atoms with Gasteiger partial charge in [0.25, 0.3) is 5.56 Å². The van der Waals surface area contributed by atoms with Gasteiger partial charge in [-0.25, -0.2) is 0 Å². The van der Waals surface area contributed by atoms with Crippen LogP contribution in [0, 0.1) is 0 Å². The first kappa shape index (κ1) is 15.5. The number of rotatable bonds is 4. The largest absolute Gasteiger partial charge is 0.481 e. The van der Waals surface area contributed by atoms with E-state index in [0.29, 0.717) is 5.56 Å². The normalized spacial score (nSPS) is 11.9. The van der Waals surface area contributed by atoms with Crippen molar-refractivity contribution < 1.29 is 9.90 Å². The molecule has 0 fully saturated rings. The summed E-state index contributed by atoms with van der Waals surface area (Å²) in [5, 5.41) is 8.72. The van der Waals surface area contributed by atoms with Crippen LogP contribution in [0.1, 0.15) is 58.3 Å². The maximum Gasteiger partial charge on any atom is 0.303 e. The second-order valence-electron chi connectivity index (χ2n) is 6.16. The molecular formula is C15H23NO3. The Labute approximate surface area is 114 Å². The summed E-state index contributed by atoms with van der Waals surface area (Å²) >= 11 is 0. The zero-order valence-electron chi connectivity index (χ0n) is 12.4. The van der Waals surface area contributed by atoms with Gasteiger partial charge in [-0.15, -0.1) is 0 Å². The monoisotopic (exact) mass is 265 g/mol. The van der Waals surface area contributed by atoms with Gasteiger partial charge >= 0.3 is 5.97 Å². The molecule has 1 aromatic heterocycles. The second-order valence-corrected chi connectivity index (χ2v) is 6.16. The molecular weight excluding hydrogens is 242 g/mol. The van der Waals surface area contributed by atoms with Gasteiger partial charge in [0.05, 0.1) is 0 Å². The molecule has 0 radical (unpaired) electrons. The molecule has 0 aliphatic heterocycles. The molecule has 0 aliphatic rings. The number of aryl methyl sites for hydroxylation is 1. The molecule has 0 spiro atoms. The molecule has 0 saturated carbocycles. The highest BCUT2D eigenvalue weighted by Crippen LogP contribution is 2.23. The SMILES string of the molecule is CC(C)n1c(C(C)(C)C)ccc(CCC(=O)O)c1=O. The molecule has 1 aromatic rings. The molecule has 0 amide bonds. The van der Waals surface area contributed by atoms with Gasteiger partial charge in [-0.1, -0.05) is 26.8 Å². The van der Waals surface area contributed by atoms with Gasteiger partial charge in [0.2, 0.25) is 0 Å². The molecule has 0 aliphatic carbocycles. The molecule has 106 valence electrons. The quantitative estimate of drug-likeness (QED) is 0.910. The Kier molecular flexibility index (Phi) is 4.56. The van der Waals surface area contributed by atoms with Gasteiger partial charge in [-0.3, -0.25) is 9.59 Å². The molecule has 1 N–H and O–H groups in total. The molecule has 1 heterocycles. The highest BCUT2D eigenvalue weighted by Gasteiger charge is 2.21. The van der Waals surface area contributed by atoms with E-state index in [0.717, 1.165) is 5.69 Å². The average molecular weight is 265 g/mol. The van der Waals surface area contributed by atoms with Gasteiger partial charge in [0, 0.05) is 29.1 Å². The van der Waals surface area contributed by atoms with E-state index >= 15 is 0 Å². The van der Waals surface area contributed by atoms with Crippen LogP contribution in [0.5, 0.6) is 0 Å². The predicted octanol–water partition coefficient (Wildman–Crippen LogP) is 2.74. The topological polar surface area (TPSA) is 59.3 Å². The van der Waals surface area contributed by atoms with Crippen LogP contribution in [0.15, 0.2) is 16.9 Å². The van der Waals surface area contributed by atoms with Crippen LogP contribution in [0.4, 0.5) is 0 Å². The van der Waals surface area contributed by atoms with Crippen LogP contribution in [0.3, 0.4) is 0 Å². The van der Waals surface area contributed by atoms with Gasteiger partial charge in [-0.05, 0) is 26.3 Å².